The first-order chi connectivity index (χ1) is 7.89. The molecule has 0 aliphatic heterocycles. The van der Waals surface area contributed by atoms with E-state index in [4.69, 9.17) is 5.11 Å². The standard InChI is InChI=1S/C10H14N2O4S/c1-8-7-9(4-5-11-8)12-17(15,16)6-2-3-10(13)14/h4-5,7H,2-3,6H2,1H3,(H,11,12)(H,13,14). The van der Waals surface area contributed by atoms with Gasteiger partial charge in [0.2, 0.25) is 10.0 Å². The SMILES string of the molecule is Cc1cc(NS(=O)(=O)CCCC(=O)O)ccn1. The second-order valence-corrected chi connectivity index (χ2v) is 5.45. The van der Waals surface area contributed by atoms with E-state index in [-0.39, 0.29) is 18.6 Å². The van der Waals surface area contributed by atoms with Crippen LogP contribution in [0.3, 0.4) is 0 Å². The maximum absolute atomic E-state index is 11.6. The molecule has 0 aliphatic carbocycles. The Morgan fingerprint density at radius 3 is 2.82 bits per heavy atom. The molecule has 0 atom stereocenters. The molecular weight excluding hydrogens is 244 g/mol. The predicted molar refractivity (Wildman–Crippen MR) is 63.3 cm³/mol. The van der Waals surface area contributed by atoms with Gasteiger partial charge in [0.25, 0.3) is 0 Å². The van der Waals surface area contributed by atoms with Crippen molar-refractivity contribution in [1.82, 2.24) is 4.98 Å². The number of hydrogen-bond donors (Lipinski definition) is 2. The minimum Gasteiger partial charge on any atom is -0.481 e. The Labute approximate surface area is 99.7 Å². The molecule has 0 aliphatic rings. The number of carbonyl (C=O) groups is 1. The van der Waals surface area contributed by atoms with Gasteiger partial charge in [0.05, 0.1) is 11.4 Å². The van der Waals surface area contributed by atoms with Crippen LogP contribution in [-0.2, 0) is 14.8 Å². The lowest BCUT2D eigenvalue weighted by Gasteiger charge is -2.07. The molecule has 0 spiro atoms. The highest BCUT2D eigenvalue weighted by molar-refractivity contribution is 7.92. The van der Waals surface area contributed by atoms with E-state index < -0.39 is 16.0 Å². The molecule has 1 heterocycles. The number of aryl methyl sites for hydroxylation is 1. The van der Waals surface area contributed by atoms with Crippen LogP contribution < -0.4 is 4.72 Å². The molecule has 0 aromatic carbocycles. The smallest absolute Gasteiger partial charge is 0.303 e. The second kappa shape index (κ2) is 5.62. The molecule has 1 aromatic rings. The van der Waals surface area contributed by atoms with Crippen LogP contribution in [0.25, 0.3) is 0 Å². The summed E-state index contributed by atoms with van der Waals surface area (Å²) in [4.78, 5) is 14.2. The van der Waals surface area contributed by atoms with Crippen molar-refractivity contribution < 1.29 is 18.3 Å². The van der Waals surface area contributed by atoms with Gasteiger partial charge in [-0.3, -0.25) is 14.5 Å². The van der Waals surface area contributed by atoms with Gasteiger partial charge < -0.3 is 5.11 Å². The van der Waals surface area contributed by atoms with Crippen molar-refractivity contribution in [3.05, 3.63) is 24.0 Å². The first-order valence-corrected chi connectivity index (χ1v) is 6.69. The van der Waals surface area contributed by atoms with E-state index in [9.17, 15) is 13.2 Å². The van der Waals surface area contributed by atoms with Crippen LogP contribution in [0.1, 0.15) is 18.5 Å². The van der Waals surface area contributed by atoms with Crippen molar-refractivity contribution in [2.24, 2.45) is 0 Å². The molecule has 1 rings (SSSR count). The molecule has 0 saturated heterocycles. The summed E-state index contributed by atoms with van der Waals surface area (Å²) >= 11 is 0. The Hall–Kier alpha value is -1.63. The summed E-state index contributed by atoms with van der Waals surface area (Å²) in [7, 11) is -3.49. The number of nitrogens with one attached hydrogen (secondary N) is 1. The van der Waals surface area contributed by atoms with Crippen molar-refractivity contribution in [2.45, 2.75) is 19.8 Å². The second-order valence-electron chi connectivity index (χ2n) is 3.60. The first-order valence-electron chi connectivity index (χ1n) is 5.04. The molecule has 0 radical (unpaired) electrons. The van der Waals surface area contributed by atoms with E-state index in [1.165, 1.54) is 6.20 Å². The Balaban J connectivity index is 2.57. The minimum absolute atomic E-state index is 0.0920. The van der Waals surface area contributed by atoms with Gasteiger partial charge in [-0.25, -0.2) is 8.42 Å². The average molecular weight is 258 g/mol. The zero-order valence-corrected chi connectivity index (χ0v) is 10.2. The van der Waals surface area contributed by atoms with Crippen molar-refractivity contribution in [2.75, 3.05) is 10.5 Å². The summed E-state index contributed by atoms with van der Waals surface area (Å²) in [5.74, 6) is -1.21. The lowest BCUT2D eigenvalue weighted by atomic mass is 10.3. The number of aromatic nitrogens is 1. The molecule has 0 saturated carbocycles. The largest absolute Gasteiger partial charge is 0.481 e. The average Bonchev–Trinajstić information content (AvgIpc) is 2.15. The highest BCUT2D eigenvalue weighted by Crippen LogP contribution is 2.10. The number of nitrogens with zero attached hydrogens (tertiary/aromatic N) is 1. The normalized spacial score (nSPS) is 11.1. The van der Waals surface area contributed by atoms with Crippen LogP contribution in [0, 0.1) is 6.92 Å². The maximum atomic E-state index is 11.6. The molecule has 6 nitrogen and oxygen atoms in total. The van der Waals surface area contributed by atoms with Gasteiger partial charge in [0.15, 0.2) is 0 Å². The van der Waals surface area contributed by atoms with Gasteiger partial charge in [0, 0.05) is 18.3 Å². The molecule has 0 amide bonds. The van der Waals surface area contributed by atoms with E-state index in [1.807, 2.05) is 0 Å². The van der Waals surface area contributed by atoms with Crippen molar-refractivity contribution >= 4 is 21.7 Å². The lowest BCUT2D eigenvalue weighted by Crippen LogP contribution is -2.17. The number of aliphatic carboxylic acids is 1. The van der Waals surface area contributed by atoms with E-state index in [1.54, 1.807) is 19.1 Å². The zero-order chi connectivity index (χ0) is 12.9. The Bertz CT molecular complexity index is 499. The highest BCUT2D eigenvalue weighted by Gasteiger charge is 2.11. The van der Waals surface area contributed by atoms with E-state index in [2.05, 4.69) is 9.71 Å². The summed E-state index contributed by atoms with van der Waals surface area (Å²) in [6.07, 6.45) is 1.44. The monoisotopic (exact) mass is 258 g/mol. The van der Waals surface area contributed by atoms with Gasteiger partial charge in [-0.2, -0.15) is 0 Å². The first kappa shape index (κ1) is 13.4. The summed E-state index contributed by atoms with van der Waals surface area (Å²) in [6.45, 7) is 1.75. The maximum Gasteiger partial charge on any atom is 0.303 e. The summed E-state index contributed by atoms with van der Waals surface area (Å²) < 4.78 is 25.5. The number of pyridine rings is 1. The highest BCUT2D eigenvalue weighted by atomic mass is 32.2. The van der Waals surface area contributed by atoms with Crippen LogP contribution >= 0.6 is 0 Å². The number of rotatable bonds is 6. The number of anilines is 1. The van der Waals surface area contributed by atoms with Crippen LogP contribution in [0.15, 0.2) is 18.3 Å². The fourth-order valence-electron chi connectivity index (χ4n) is 1.25. The van der Waals surface area contributed by atoms with Gasteiger partial charge in [0.1, 0.15) is 0 Å². The van der Waals surface area contributed by atoms with E-state index in [0.717, 1.165) is 0 Å². The van der Waals surface area contributed by atoms with Crippen LogP contribution in [0.2, 0.25) is 0 Å². The molecule has 94 valence electrons. The number of carboxylic acids is 1. The fraction of sp³-hybridized carbons (Fsp3) is 0.400. The molecule has 1 aromatic heterocycles. The third-order valence-electron chi connectivity index (χ3n) is 1.97. The third kappa shape index (κ3) is 5.30. The number of sulfonamides is 1. The molecule has 0 bridgehead atoms. The summed E-state index contributed by atoms with van der Waals surface area (Å²) in [5.41, 5.74) is 1.14. The van der Waals surface area contributed by atoms with Crippen molar-refractivity contribution in [1.29, 1.82) is 0 Å². The Kier molecular flexibility index (Phi) is 4.45. The lowest BCUT2D eigenvalue weighted by molar-refractivity contribution is -0.137. The fourth-order valence-corrected chi connectivity index (χ4v) is 2.37. The zero-order valence-electron chi connectivity index (χ0n) is 9.38. The molecular formula is C10H14N2O4S. The van der Waals surface area contributed by atoms with Crippen LogP contribution in [0.5, 0.6) is 0 Å². The van der Waals surface area contributed by atoms with Crippen LogP contribution in [0.4, 0.5) is 5.69 Å². The van der Waals surface area contributed by atoms with Gasteiger partial charge in [-0.1, -0.05) is 0 Å². The van der Waals surface area contributed by atoms with Gasteiger partial charge in [-0.15, -0.1) is 0 Å². The number of hydrogen-bond acceptors (Lipinski definition) is 4. The molecule has 17 heavy (non-hydrogen) atoms. The molecule has 2 N–H and O–H groups in total. The number of carboxylic acid groups (broad SMARTS) is 1. The Morgan fingerprint density at radius 1 is 1.53 bits per heavy atom. The van der Waals surface area contributed by atoms with Gasteiger partial charge in [-0.05, 0) is 25.5 Å². The molecule has 7 heteroatoms. The summed E-state index contributed by atoms with van der Waals surface area (Å²) in [6, 6.07) is 3.15. The van der Waals surface area contributed by atoms with Crippen molar-refractivity contribution in [3.8, 4) is 0 Å². The predicted octanol–water partition coefficient (Wildman–Crippen LogP) is 0.997. The molecule has 0 unspecified atom stereocenters. The quantitative estimate of drug-likeness (QED) is 0.793. The minimum atomic E-state index is -3.49. The molecule has 0 fully saturated rings. The van der Waals surface area contributed by atoms with Gasteiger partial charge >= 0.3 is 5.97 Å². The Morgan fingerprint density at radius 2 is 2.24 bits per heavy atom. The third-order valence-corrected chi connectivity index (χ3v) is 3.35. The van der Waals surface area contributed by atoms with E-state index in [0.29, 0.717) is 11.4 Å². The summed E-state index contributed by atoms with van der Waals surface area (Å²) in [5, 5.41) is 8.41. The topological polar surface area (TPSA) is 96.4 Å². The van der Waals surface area contributed by atoms with E-state index >= 15 is 0 Å². The van der Waals surface area contributed by atoms with Crippen LogP contribution in [-0.4, -0.2) is 30.2 Å². The van der Waals surface area contributed by atoms with Crippen molar-refractivity contribution in [3.63, 3.8) is 0 Å².